The molecule has 2 aromatic carbocycles. The Morgan fingerprint density at radius 3 is 2.34 bits per heavy atom. The van der Waals surface area contributed by atoms with Gasteiger partial charge in [0, 0.05) is 35.9 Å². The first-order valence-electron chi connectivity index (χ1n) is 14.1. The molecule has 5 rings (SSSR count). The van der Waals surface area contributed by atoms with Gasteiger partial charge < -0.3 is 20.1 Å². The van der Waals surface area contributed by atoms with E-state index in [0.29, 0.717) is 41.5 Å². The Balaban J connectivity index is 1.32. The minimum Gasteiger partial charge on any atom is -0.481 e. The second kappa shape index (κ2) is 12.6. The number of carbonyl (C=O) groups excluding carboxylic acids is 1. The van der Waals surface area contributed by atoms with Gasteiger partial charge >= 0.3 is 5.97 Å². The van der Waals surface area contributed by atoms with E-state index in [9.17, 15) is 24.2 Å². The number of halogens is 1. The third-order valence-electron chi connectivity index (χ3n) is 7.99. The Bertz CT molecular complexity index is 1510. The van der Waals surface area contributed by atoms with Gasteiger partial charge in [0.2, 0.25) is 0 Å². The fraction of sp³-hybridized carbons (Fsp3) is 0.344. The first-order valence-corrected chi connectivity index (χ1v) is 14.1. The van der Waals surface area contributed by atoms with Crippen molar-refractivity contribution in [3.63, 3.8) is 0 Å². The lowest BCUT2D eigenvalue weighted by atomic mass is 9.89. The second-order valence-corrected chi connectivity index (χ2v) is 10.7. The number of aromatic nitrogens is 2. The second-order valence-electron chi connectivity index (χ2n) is 10.7. The summed E-state index contributed by atoms with van der Waals surface area (Å²) in [5, 5.41) is 25.5. The lowest BCUT2D eigenvalue weighted by Gasteiger charge is -2.24. The number of amides is 1. The van der Waals surface area contributed by atoms with E-state index in [1.807, 2.05) is 34.9 Å². The molecule has 4 N–H and O–H groups in total. The van der Waals surface area contributed by atoms with E-state index in [1.165, 1.54) is 12.1 Å². The van der Waals surface area contributed by atoms with Gasteiger partial charge in [0.15, 0.2) is 0 Å². The molecule has 0 spiro atoms. The summed E-state index contributed by atoms with van der Waals surface area (Å²) in [5.41, 5.74) is 4.40. The lowest BCUT2D eigenvalue weighted by Crippen LogP contribution is -2.36. The predicted octanol–water partition coefficient (Wildman–Crippen LogP) is 5.25. The average Bonchev–Trinajstić information content (AvgIpc) is 3.38. The maximum atomic E-state index is 14.8. The van der Waals surface area contributed by atoms with Gasteiger partial charge in [-0.15, -0.1) is 0 Å². The molecular weight excluding hydrogens is 523 g/mol. The number of hydrogen-bond donors (Lipinski definition) is 4. The van der Waals surface area contributed by atoms with Crippen LogP contribution in [0.15, 0.2) is 67.0 Å². The molecular formula is C32H35FN4O4. The van der Waals surface area contributed by atoms with Crippen molar-refractivity contribution in [1.82, 2.24) is 20.2 Å². The number of carboxylic acid groups (broad SMARTS) is 1. The zero-order valence-corrected chi connectivity index (χ0v) is 23.0. The van der Waals surface area contributed by atoms with Crippen molar-refractivity contribution in [2.75, 3.05) is 7.05 Å². The quantitative estimate of drug-likeness (QED) is 0.220. The number of aliphatic hydroxyl groups excluding tert-OH is 1. The molecule has 41 heavy (non-hydrogen) atoms. The van der Waals surface area contributed by atoms with E-state index in [1.54, 1.807) is 31.6 Å². The van der Waals surface area contributed by atoms with E-state index in [0.717, 1.165) is 42.4 Å². The Kier molecular flexibility index (Phi) is 8.75. The van der Waals surface area contributed by atoms with Gasteiger partial charge in [-0.25, -0.2) is 4.39 Å². The number of benzene rings is 2. The summed E-state index contributed by atoms with van der Waals surface area (Å²) in [6.45, 7) is 0.457. The number of pyridine rings is 1. The van der Waals surface area contributed by atoms with Crippen LogP contribution in [0.4, 0.5) is 4.39 Å². The molecule has 1 saturated carbocycles. The van der Waals surface area contributed by atoms with Crippen LogP contribution in [0.25, 0.3) is 22.0 Å². The molecule has 8 nitrogen and oxygen atoms in total. The molecule has 1 atom stereocenters. The number of hydrogen-bond acceptors (Lipinski definition) is 5. The molecule has 1 aliphatic carbocycles. The molecule has 1 aliphatic rings. The van der Waals surface area contributed by atoms with Crippen LogP contribution in [0, 0.1) is 11.7 Å². The Morgan fingerprint density at radius 2 is 1.71 bits per heavy atom. The highest BCUT2D eigenvalue weighted by Crippen LogP contribution is 2.27. The highest BCUT2D eigenvalue weighted by atomic mass is 19.1. The SMILES string of the molecule is CNC(O)c1ccc(-c2ccc(Cn3ccc4c(F)ccc(C(=O)NC5CCCC(C(=O)O)CCC5)c43)cc2)cn1. The molecule has 214 valence electrons. The van der Waals surface area contributed by atoms with Crippen molar-refractivity contribution < 1.29 is 24.2 Å². The Labute approximate surface area is 238 Å². The highest BCUT2D eigenvalue weighted by Gasteiger charge is 2.24. The Hall–Kier alpha value is -4.08. The summed E-state index contributed by atoms with van der Waals surface area (Å²) >= 11 is 0. The van der Waals surface area contributed by atoms with Crippen LogP contribution in [-0.4, -0.2) is 44.7 Å². The zero-order valence-electron chi connectivity index (χ0n) is 23.0. The monoisotopic (exact) mass is 558 g/mol. The lowest BCUT2D eigenvalue weighted by molar-refractivity contribution is -0.142. The molecule has 0 saturated heterocycles. The van der Waals surface area contributed by atoms with Crippen LogP contribution in [0.5, 0.6) is 0 Å². The number of carbonyl (C=O) groups is 2. The van der Waals surface area contributed by atoms with E-state index >= 15 is 0 Å². The van der Waals surface area contributed by atoms with Crippen LogP contribution in [-0.2, 0) is 11.3 Å². The van der Waals surface area contributed by atoms with Gasteiger partial charge in [-0.05, 0) is 68.1 Å². The topological polar surface area (TPSA) is 116 Å². The maximum absolute atomic E-state index is 14.8. The maximum Gasteiger partial charge on any atom is 0.306 e. The summed E-state index contributed by atoms with van der Waals surface area (Å²) in [6, 6.07) is 16.2. The number of carboxylic acids is 1. The van der Waals surface area contributed by atoms with Crippen molar-refractivity contribution in [2.24, 2.45) is 5.92 Å². The van der Waals surface area contributed by atoms with Crippen LogP contribution >= 0.6 is 0 Å². The minimum atomic E-state index is -0.817. The van der Waals surface area contributed by atoms with Crippen molar-refractivity contribution in [1.29, 1.82) is 0 Å². The predicted molar refractivity (Wildman–Crippen MR) is 155 cm³/mol. The molecule has 1 fully saturated rings. The largest absolute Gasteiger partial charge is 0.481 e. The van der Waals surface area contributed by atoms with Crippen molar-refractivity contribution in [3.8, 4) is 11.1 Å². The summed E-state index contributed by atoms with van der Waals surface area (Å²) in [6.07, 6.45) is 6.87. The van der Waals surface area contributed by atoms with Gasteiger partial charge in [0.25, 0.3) is 5.91 Å². The number of aliphatic hydroxyl groups is 1. The smallest absolute Gasteiger partial charge is 0.306 e. The van der Waals surface area contributed by atoms with Gasteiger partial charge in [0.1, 0.15) is 12.0 Å². The summed E-state index contributed by atoms with van der Waals surface area (Å²) in [5.74, 6) is -1.68. The molecule has 2 heterocycles. The van der Waals surface area contributed by atoms with Gasteiger partial charge in [0.05, 0.1) is 22.7 Å². The molecule has 0 bridgehead atoms. The van der Waals surface area contributed by atoms with Gasteiger partial charge in [-0.1, -0.05) is 43.2 Å². The number of aliphatic carboxylic acids is 1. The van der Waals surface area contributed by atoms with Crippen LogP contribution in [0.1, 0.15) is 66.4 Å². The fourth-order valence-corrected chi connectivity index (χ4v) is 5.65. The third kappa shape index (κ3) is 6.47. The van der Waals surface area contributed by atoms with E-state index in [4.69, 9.17) is 0 Å². The number of fused-ring (bicyclic) bond motifs is 1. The normalized spacial score (nSPS) is 18.4. The van der Waals surface area contributed by atoms with E-state index in [2.05, 4.69) is 15.6 Å². The standard InChI is InChI=1S/C32H35FN4O4/c1-34-31(39)28-15-12-23(18-35-28)21-10-8-20(9-11-21)19-37-17-16-25-27(33)14-13-26(29(25)37)30(38)36-24-6-2-4-22(32(40)41)5-3-7-24/h8-18,22,24,31,34,39H,2-7,19H2,1H3,(H,36,38)(H,40,41). The molecule has 9 heteroatoms. The van der Waals surface area contributed by atoms with E-state index in [-0.39, 0.29) is 23.7 Å². The Morgan fingerprint density at radius 1 is 1.00 bits per heavy atom. The molecule has 0 aliphatic heterocycles. The first-order chi connectivity index (χ1) is 19.8. The summed E-state index contributed by atoms with van der Waals surface area (Å²) in [7, 11) is 1.66. The van der Waals surface area contributed by atoms with Crippen molar-refractivity contribution in [2.45, 2.75) is 57.3 Å². The molecule has 1 unspecified atom stereocenters. The van der Waals surface area contributed by atoms with Crippen LogP contribution in [0.3, 0.4) is 0 Å². The summed E-state index contributed by atoms with van der Waals surface area (Å²) in [4.78, 5) is 29.1. The molecule has 0 radical (unpaired) electrons. The number of nitrogens with zero attached hydrogens (tertiary/aromatic N) is 2. The summed E-state index contributed by atoms with van der Waals surface area (Å²) < 4.78 is 16.7. The first kappa shape index (κ1) is 28.4. The average molecular weight is 559 g/mol. The minimum absolute atomic E-state index is 0.0432. The molecule has 2 aromatic heterocycles. The van der Waals surface area contributed by atoms with Gasteiger partial charge in [-0.3, -0.25) is 19.9 Å². The van der Waals surface area contributed by atoms with Crippen molar-refractivity contribution in [3.05, 3.63) is 89.6 Å². The van der Waals surface area contributed by atoms with Crippen LogP contribution in [0.2, 0.25) is 0 Å². The number of rotatable bonds is 8. The van der Waals surface area contributed by atoms with E-state index < -0.39 is 12.2 Å². The highest BCUT2D eigenvalue weighted by molar-refractivity contribution is 6.06. The van der Waals surface area contributed by atoms with Gasteiger partial charge in [-0.2, -0.15) is 0 Å². The molecule has 4 aromatic rings. The molecule has 1 amide bonds. The third-order valence-corrected chi connectivity index (χ3v) is 7.99. The van der Waals surface area contributed by atoms with Crippen LogP contribution < -0.4 is 10.6 Å². The fourth-order valence-electron chi connectivity index (χ4n) is 5.65. The zero-order chi connectivity index (χ0) is 28.9. The van der Waals surface area contributed by atoms with Crippen molar-refractivity contribution >= 4 is 22.8 Å². The number of nitrogens with one attached hydrogen (secondary N) is 2.